The summed E-state index contributed by atoms with van der Waals surface area (Å²) >= 11 is 0. The molecule has 0 atom stereocenters. The Bertz CT molecular complexity index is 2200. The van der Waals surface area contributed by atoms with Crippen LogP contribution in [0.5, 0.6) is 5.75 Å². The number of phenols is 1. The van der Waals surface area contributed by atoms with Gasteiger partial charge in [0.1, 0.15) is 17.0 Å². The maximum absolute atomic E-state index is 11.3. The summed E-state index contributed by atoms with van der Waals surface area (Å²) in [5.74, 6) is 1.87. The molecule has 4 aromatic heterocycles. The monoisotopic (exact) mass is 607 g/mol. The van der Waals surface area contributed by atoms with E-state index in [0.29, 0.717) is 11.8 Å². The molecule has 7 aromatic rings. The van der Waals surface area contributed by atoms with Gasteiger partial charge in [-0.15, -0.1) is 0 Å². The minimum Gasteiger partial charge on any atom is -0.507 e. The lowest BCUT2D eigenvalue weighted by Gasteiger charge is -2.25. The topological polar surface area (TPSA) is 73.5 Å². The second kappa shape index (κ2) is 11.1. The third-order valence-electron chi connectivity index (χ3n) is 9.40. The molecule has 0 unspecified atom stereocenters. The van der Waals surface area contributed by atoms with Crippen molar-refractivity contribution in [2.45, 2.75) is 65.8 Å². The quantitative estimate of drug-likeness (QED) is 0.125. The largest absolute Gasteiger partial charge is 0.507 e. The van der Waals surface area contributed by atoms with Crippen LogP contribution in [0.15, 0.2) is 91.4 Å². The highest BCUT2D eigenvalue weighted by Crippen LogP contribution is 2.42. The molecule has 0 radical (unpaired) electrons. The Morgan fingerprint density at radius 2 is 1.54 bits per heavy atom. The number of H-pyrrole nitrogens is 2. The number of imidazole rings is 1. The third-order valence-corrected chi connectivity index (χ3v) is 9.40. The summed E-state index contributed by atoms with van der Waals surface area (Å²) < 4.78 is 4.12. The van der Waals surface area contributed by atoms with Crippen molar-refractivity contribution in [1.82, 2.24) is 19.5 Å². The summed E-state index contributed by atoms with van der Waals surface area (Å²) in [6, 6.07) is 25.1. The van der Waals surface area contributed by atoms with Crippen LogP contribution in [0, 0.1) is 13.3 Å². The zero-order valence-electron chi connectivity index (χ0n) is 27.6. The molecule has 7 rings (SSSR count). The number of aromatic amines is 2. The van der Waals surface area contributed by atoms with E-state index < -0.39 is 5.54 Å². The molecule has 46 heavy (non-hydrogen) atoms. The predicted molar refractivity (Wildman–Crippen MR) is 187 cm³/mol. The molecule has 0 bridgehead atoms. The van der Waals surface area contributed by atoms with Crippen LogP contribution in [-0.2, 0) is 5.54 Å². The van der Waals surface area contributed by atoms with Crippen LogP contribution in [0.2, 0.25) is 0 Å². The van der Waals surface area contributed by atoms with Crippen molar-refractivity contribution < 1.29 is 9.67 Å². The summed E-state index contributed by atoms with van der Waals surface area (Å²) in [6.45, 7) is 15.4. The van der Waals surface area contributed by atoms with E-state index in [1.54, 1.807) is 0 Å². The highest BCUT2D eigenvalue weighted by Gasteiger charge is 2.29. The number of aromatic hydroxyl groups is 1. The number of fused-ring (bicyclic) bond motifs is 2. The first-order chi connectivity index (χ1) is 22.1. The summed E-state index contributed by atoms with van der Waals surface area (Å²) in [4.78, 5) is 11.9. The van der Waals surface area contributed by atoms with Crippen LogP contribution in [0.1, 0.15) is 75.9 Å². The van der Waals surface area contributed by atoms with Gasteiger partial charge in [-0.05, 0) is 91.5 Å². The van der Waals surface area contributed by atoms with Crippen LogP contribution in [-0.4, -0.2) is 24.6 Å². The predicted octanol–water partition coefficient (Wildman–Crippen LogP) is 9.30. The summed E-state index contributed by atoms with van der Waals surface area (Å²) in [7, 11) is 0. The molecular formula is C40H41N5O. The number of nitrogens with zero attached hydrogens (tertiary/aromatic N) is 3. The number of pyridine rings is 1. The van der Waals surface area contributed by atoms with Crippen molar-refractivity contribution in [2.75, 3.05) is 0 Å². The van der Waals surface area contributed by atoms with Crippen molar-refractivity contribution in [1.29, 1.82) is 0 Å². The van der Waals surface area contributed by atoms with E-state index >= 15 is 0 Å². The molecule has 0 aliphatic carbocycles. The molecule has 4 heterocycles. The van der Waals surface area contributed by atoms with Gasteiger partial charge >= 0.3 is 0 Å². The molecule has 0 fully saturated rings. The Labute approximate surface area is 270 Å². The number of benzene rings is 3. The van der Waals surface area contributed by atoms with E-state index in [9.17, 15) is 5.11 Å². The molecule has 6 heteroatoms. The smallest absolute Gasteiger partial charge is 0.172 e. The fourth-order valence-electron chi connectivity index (χ4n) is 6.91. The van der Waals surface area contributed by atoms with E-state index in [-0.39, 0.29) is 5.75 Å². The highest BCUT2D eigenvalue weighted by molar-refractivity contribution is 6.01. The standard InChI is InChI=1S/C40H41N5O/c1-24(2)28-14-10-15-29(25(3)4)35(28)27-17-18-34(46)33(22-27)37-30-12-8-9-13-31(30)39(43-37)44-20-21-45(23-44)40(6,7)38-32-16-11-19-41-36(32)26(5)42-38/h8-22,24-25,42-43,46H,1-7H3. The van der Waals surface area contributed by atoms with Gasteiger partial charge in [-0.25, -0.2) is 0 Å². The second-order valence-electron chi connectivity index (χ2n) is 13.5. The van der Waals surface area contributed by atoms with Gasteiger partial charge in [0, 0.05) is 28.0 Å². The number of phenolic OH excluding ortho intramolecular Hbond substituents is 1. The molecule has 0 spiro atoms. The van der Waals surface area contributed by atoms with E-state index in [1.807, 2.05) is 41.2 Å². The summed E-state index contributed by atoms with van der Waals surface area (Å²) in [6.07, 6.45) is 9.52. The maximum atomic E-state index is 11.3. The van der Waals surface area contributed by atoms with Crippen molar-refractivity contribution in [2.24, 2.45) is 0 Å². The van der Waals surface area contributed by atoms with E-state index in [0.717, 1.165) is 55.7 Å². The molecule has 0 saturated carbocycles. The molecule has 3 N–H and O–H groups in total. The minimum atomic E-state index is -0.420. The molecule has 6 nitrogen and oxygen atoms in total. The molecule has 0 aliphatic rings. The normalized spacial score (nSPS) is 12.3. The van der Waals surface area contributed by atoms with Gasteiger partial charge in [0.05, 0.1) is 16.8 Å². The lowest BCUT2D eigenvalue weighted by Crippen LogP contribution is -2.33. The number of rotatable bonds is 7. The van der Waals surface area contributed by atoms with Crippen LogP contribution in [0.3, 0.4) is 0 Å². The zero-order valence-corrected chi connectivity index (χ0v) is 27.6. The average Bonchev–Trinajstić information content (AvgIpc) is 3.78. The van der Waals surface area contributed by atoms with Gasteiger partial charge in [-0.2, -0.15) is 0 Å². The molecular weight excluding hydrogens is 566 g/mol. The van der Waals surface area contributed by atoms with Crippen LogP contribution in [0.4, 0.5) is 0 Å². The number of hydrogen-bond acceptors (Lipinski definition) is 2. The fourth-order valence-corrected chi connectivity index (χ4v) is 6.91. The third kappa shape index (κ3) is 4.71. The van der Waals surface area contributed by atoms with Gasteiger partial charge in [0.15, 0.2) is 12.1 Å². The molecule has 3 aromatic carbocycles. The molecule has 0 aliphatic heterocycles. The van der Waals surface area contributed by atoms with Gasteiger partial charge in [-0.1, -0.05) is 76.2 Å². The first-order valence-electron chi connectivity index (χ1n) is 16.1. The Hall–Kier alpha value is -5.10. The number of nitrogens with one attached hydrogen (secondary N) is 2. The van der Waals surface area contributed by atoms with Gasteiger partial charge in [-0.3, -0.25) is 4.98 Å². The van der Waals surface area contributed by atoms with Crippen molar-refractivity contribution in [3.05, 3.63) is 120 Å². The fraction of sp³-hybridized carbons (Fsp3) is 0.250. The Balaban J connectivity index is 1.36. The van der Waals surface area contributed by atoms with Crippen molar-refractivity contribution >= 4 is 21.7 Å². The van der Waals surface area contributed by atoms with E-state index in [2.05, 4.69) is 129 Å². The van der Waals surface area contributed by atoms with Crippen LogP contribution < -0.4 is 4.57 Å². The SMILES string of the molecule is Cc1[nH]c(C(C)(C)n2[c-][n+](-c3[nH]c(-c4cc(-c5c(C(C)C)cccc5C(C)C)ccc4O)c4ccccc34)cc2)c2cccnc12. The minimum absolute atomic E-state index is 0.241. The Kier molecular flexibility index (Phi) is 7.11. The lowest BCUT2D eigenvalue weighted by atomic mass is 9.84. The van der Waals surface area contributed by atoms with Gasteiger partial charge in [0.2, 0.25) is 0 Å². The van der Waals surface area contributed by atoms with Crippen molar-refractivity contribution in [3.63, 3.8) is 0 Å². The second-order valence-corrected chi connectivity index (χ2v) is 13.5. The number of aryl methyl sites for hydroxylation is 1. The summed E-state index contributed by atoms with van der Waals surface area (Å²) in [5, 5.41) is 14.5. The Morgan fingerprint density at radius 1 is 0.848 bits per heavy atom. The number of aromatic nitrogens is 5. The molecule has 232 valence electrons. The van der Waals surface area contributed by atoms with Gasteiger partial charge < -0.3 is 24.2 Å². The molecule has 0 saturated heterocycles. The number of hydrogen-bond donors (Lipinski definition) is 3. The highest BCUT2D eigenvalue weighted by atomic mass is 16.3. The van der Waals surface area contributed by atoms with E-state index in [4.69, 9.17) is 0 Å². The van der Waals surface area contributed by atoms with Crippen molar-refractivity contribution in [3.8, 4) is 34.0 Å². The first kappa shape index (κ1) is 29.6. The Morgan fingerprint density at radius 3 is 2.26 bits per heavy atom. The summed E-state index contributed by atoms with van der Waals surface area (Å²) in [5.41, 5.74) is 9.36. The molecule has 0 amide bonds. The van der Waals surface area contributed by atoms with E-state index in [1.165, 1.54) is 16.7 Å². The average molecular weight is 608 g/mol. The first-order valence-corrected chi connectivity index (χ1v) is 16.1. The maximum Gasteiger partial charge on any atom is 0.172 e. The van der Waals surface area contributed by atoms with Gasteiger partial charge in [0.25, 0.3) is 0 Å². The zero-order chi connectivity index (χ0) is 32.3. The van der Waals surface area contributed by atoms with Crippen LogP contribution in [0.25, 0.3) is 49.9 Å². The van der Waals surface area contributed by atoms with Crippen LogP contribution >= 0.6 is 0 Å². The lowest BCUT2D eigenvalue weighted by molar-refractivity contribution is -0.602.